The predicted molar refractivity (Wildman–Crippen MR) is 76.3 cm³/mol. The van der Waals surface area contributed by atoms with Crippen LogP contribution in [0.4, 0.5) is 5.82 Å². The lowest BCUT2D eigenvalue weighted by molar-refractivity contribution is 0.707. The second kappa shape index (κ2) is 6.31. The van der Waals surface area contributed by atoms with Crippen molar-refractivity contribution in [2.24, 2.45) is 0 Å². The van der Waals surface area contributed by atoms with Gasteiger partial charge in [-0.3, -0.25) is 0 Å². The summed E-state index contributed by atoms with van der Waals surface area (Å²) in [6.07, 6.45) is 5.66. The molecule has 0 atom stereocenters. The minimum Gasteiger partial charge on any atom is -0.370 e. The Balaban J connectivity index is 2.17. The maximum absolute atomic E-state index is 4.49. The molecule has 0 bridgehead atoms. The molecule has 1 N–H and O–H groups in total. The number of hydrogen-bond acceptors (Lipinski definition) is 4. The zero-order chi connectivity index (χ0) is 13.7. The predicted octanol–water partition coefficient (Wildman–Crippen LogP) is 2.41. The number of aryl methyl sites for hydroxylation is 2. The van der Waals surface area contributed by atoms with Crippen LogP contribution < -0.4 is 5.32 Å². The fourth-order valence-electron chi connectivity index (χ4n) is 2.02. The van der Waals surface area contributed by atoms with Crippen LogP contribution in [-0.4, -0.2) is 26.1 Å². The van der Waals surface area contributed by atoms with Gasteiger partial charge < -0.3 is 9.88 Å². The molecule has 0 saturated heterocycles. The number of aromatic nitrogens is 4. The van der Waals surface area contributed by atoms with Crippen molar-refractivity contribution in [2.75, 3.05) is 11.9 Å². The molecule has 0 unspecified atom stereocenters. The second-order valence-electron chi connectivity index (χ2n) is 4.52. The van der Waals surface area contributed by atoms with Gasteiger partial charge in [0.05, 0.1) is 5.69 Å². The fraction of sp³-hybridized carbons (Fsp3) is 0.500. The maximum atomic E-state index is 4.49. The van der Waals surface area contributed by atoms with Crippen LogP contribution in [0.25, 0.3) is 0 Å². The first kappa shape index (κ1) is 13.5. The Hall–Kier alpha value is -1.91. The van der Waals surface area contributed by atoms with E-state index >= 15 is 0 Å². The monoisotopic (exact) mass is 259 g/mol. The molecule has 0 aliphatic carbocycles. The Labute approximate surface area is 114 Å². The quantitative estimate of drug-likeness (QED) is 0.865. The first-order chi connectivity index (χ1) is 9.22. The second-order valence-corrected chi connectivity index (χ2v) is 4.52. The van der Waals surface area contributed by atoms with Crippen LogP contribution in [0.2, 0.25) is 0 Å². The van der Waals surface area contributed by atoms with Gasteiger partial charge in [0.1, 0.15) is 17.5 Å². The summed E-state index contributed by atoms with van der Waals surface area (Å²) in [5, 5.41) is 3.31. The van der Waals surface area contributed by atoms with Crippen LogP contribution in [0.3, 0.4) is 0 Å². The summed E-state index contributed by atoms with van der Waals surface area (Å²) in [5.41, 5.74) is 1.01. The number of nitrogens with zero attached hydrogens (tertiary/aromatic N) is 4. The Bertz CT molecular complexity index is 532. The Morgan fingerprint density at radius 2 is 2.11 bits per heavy atom. The smallest absolute Gasteiger partial charge is 0.129 e. The number of imidazole rings is 1. The van der Waals surface area contributed by atoms with Crippen molar-refractivity contribution in [3.63, 3.8) is 0 Å². The van der Waals surface area contributed by atoms with Crippen molar-refractivity contribution in [2.45, 2.75) is 40.2 Å². The Morgan fingerprint density at radius 3 is 2.84 bits per heavy atom. The average Bonchev–Trinajstić information content (AvgIpc) is 2.83. The van der Waals surface area contributed by atoms with Gasteiger partial charge >= 0.3 is 0 Å². The van der Waals surface area contributed by atoms with Crippen molar-refractivity contribution in [1.82, 2.24) is 19.5 Å². The van der Waals surface area contributed by atoms with Crippen molar-refractivity contribution in [1.29, 1.82) is 0 Å². The molecule has 5 heteroatoms. The van der Waals surface area contributed by atoms with Gasteiger partial charge in [0.15, 0.2) is 0 Å². The van der Waals surface area contributed by atoms with E-state index in [0.717, 1.165) is 49.1 Å². The lowest BCUT2D eigenvalue weighted by Crippen LogP contribution is -2.08. The first-order valence-electron chi connectivity index (χ1n) is 6.81. The molecule has 0 saturated carbocycles. The van der Waals surface area contributed by atoms with Gasteiger partial charge in [-0.15, -0.1) is 0 Å². The van der Waals surface area contributed by atoms with Gasteiger partial charge in [-0.05, 0) is 20.3 Å². The van der Waals surface area contributed by atoms with E-state index < -0.39 is 0 Å². The van der Waals surface area contributed by atoms with E-state index in [1.807, 2.05) is 25.4 Å². The van der Waals surface area contributed by atoms with Crippen LogP contribution in [0.1, 0.15) is 37.6 Å². The third-order valence-corrected chi connectivity index (χ3v) is 2.93. The molecule has 5 nitrogen and oxygen atoms in total. The molecule has 0 aliphatic rings. The van der Waals surface area contributed by atoms with Crippen molar-refractivity contribution >= 4 is 5.82 Å². The lowest BCUT2D eigenvalue weighted by Gasteiger charge is -2.08. The Kier molecular flexibility index (Phi) is 4.49. The molecule has 2 aromatic heterocycles. The molecule has 0 fully saturated rings. The van der Waals surface area contributed by atoms with Crippen LogP contribution in [0, 0.1) is 6.92 Å². The van der Waals surface area contributed by atoms with Crippen molar-refractivity contribution in [3.8, 4) is 0 Å². The number of hydrogen-bond donors (Lipinski definition) is 1. The van der Waals surface area contributed by atoms with Gasteiger partial charge in [-0.2, -0.15) is 0 Å². The largest absolute Gasteiger partial charge is 0.370 e. The van der Waals surface area contributed by atoms with Crippen LogP contribution in [0.15, 0.2) is 18.5 Å². The molecule has 0 radical (unpaired) electrons. The Morgan fingerprint density at radius 1 is 1.26 bits per heavy atom. The highest BCUT2D eigenvalue weighted by molar-refractivity contribution is 5.36. The molecule has 2 aromatic rings. The fourth-order valence-corrected chi connectivity index (χ4v) is 2.02. The molecule has 0 aromatic carbocycles. The molecular formula is C14H21N5. The standard InChI is InChI=1S/C14H21N5/c1-4-6-15-13-9-12(17-11(3)18-13)10-14-16-7-8-19(14)5-2/h7-9H,4-6,10H2,1-3H3,(H,15,17,18). The average molecular weight is 259 g/mol. The van der Waals surface area contributed by atoms with Crippen molar-refractivity contribution in [3.05, 3.63) is 35.8 Å². The van der Waals surface area contributed by atoms with Crippen molar-refractivity contribution < 1.29 is 0 Å². The number of anilines is 1. The van der Waals surface area contributed by atoms with E-state index in [0.29, 0.717) is 0 Å². The summed E-state index contributed by atoms with van der Waals surface area (Å²) in [6.45, 7) is 8.04. The zero-order valence-corrected chi connectivity index (χ0v) is 11.8. The minimum absolute atomic E-state index is 0.741. The van der Waals surface area contributed by atoms with E-state index in [9.17, 15) is 0 Å². The maximum Gasteiger partial charge on any atom is 0.129 e. The van der Waals surface area contributed by atoms with Gasteiger partial charge in [0, 0.05) is 38.0 Å². The van der Waals surface area contributed by atoms with Crippen LogP contribution in [0.5, 0.6) is 0 Å². The minimum atomic E-state index is 0.741. The molecule has 102 valence electrons. The highest BCUT2D eigenvalue weighted by Gasteiger charge is 2.06. The highest BCUT2D eigenvalue weighted by atomic mass is 15.1. The number of nitrogens with one attached hydrogen (secondary N) is 1. The molecule has 0 spiro atoms. The molecule has 19 heavy (non-hydrogen) atoms. The van der Waals surface area contributed by atoms with Gasteiger partial charge in [-0.1, -0.05) is 6.92 Å². The van der Waals surface area contributed by atoms with Gasteiger partial charge in [0.2, 0.25) is 0 Å². The highest BCUT2D eigenvalue weighted by Crippen LogP contribution is 2.11. The van der Waals surface area contributed by atoms with E-state index in [4.69, 9.17) is 0 Å². The van der Waals surface area contributed by atoms with Gasteiger partial charge in [-0.25, -0.2) is 15.0 Å². The summed E-state index contributed by atoms with van der Waals surface area (Å²) >= 11 is 0. The molecular weight excluding hydrogens is 238 g/mol. The summed E-state index contributed by atoms with van der Waals surface area (Å²) in [7, 11) is 0. The molecule has 0 amide bonds. The van der Waals surface area contributed by atoms with E-state index in [2.05, 4.69) is 38.7 Å². The van der Waals surface area contributed by atoms with Gasteiger partial charge in [0.25, 0.3) is 0 Å². The first-order valence-corrected chi connectivity index (χ1v) is 6.81. The summed E-state index contributed by atoms with van der Waals surface area (Å²) in [6, 6.07) is 2.01. The lowest BCUT2D eigenvalue weighted by atomic mass is 10.2. The summed E-state index contributed by atoms with van der Waals surface area (Å²) in [4.78, 5) is 13.3. The third kappa shape index (κ3) is 3.53. The summed E-state index contributed by atoms with van der Waals surface area (Å²) < 4.78 is 2.14. The van der Waals surface area contributed by atoms with E-state index in [-0.39, 0.29) is 0 Å². The van der Waals surface area contributed by atoms with Crippen LogP contribution >= 0.6 is 0 Å². The van der Waals surface area contributed by atoms with E-state index in [1.54, 1.807) is 0 Å². The molecule has 0 aliphatic heterocycles. The number of rotatable bonds is 6. The van der Waals surface area contributed by atoms with E-state index in [1.165, 1.54) is 0 Å². The summed E-state index contributed by atoms with van der Waals surface area (Å²) in [5.74, 6) is 2.74. The third-order valence-electron chi connectivity index (χ3n) is 2.93. The SMILES string of the molecule is CCCNc1cc(Cc2nccn2CC)nc(C)n1. The zero-order valence-electron chi connectivity index (χ0n) is 11.8. The molecule has 2 heterocycles. The topological polar surface area (TPSA) is 55.6 Å². The van der Waals surface area contributed by atoms with Crippen LogP contribution in [-0.2, 0) is 13.0 Å². The molecule has 2 rings (SSSR count). The normalized spacial score (nSPS) is 10.7.